The van der Waals surface area contributed by atoms with Gasteiger partial charge in [0, 0.05) is 22.9 Å². The number of rotatable bonds is 2. The Balaban J connectivity index is 1.99. The Bertz CT molecular complexity index is 683. The highest BCUT2D eigenvalue weighted by atomic mass is 79.9. The van der Waals surface area contributed by atoms with Crippen molar-refractivity contribution >= 4 is 32.5 Å². The van der Waals surface area contributed by atoms with Gasteiger partial charge in [0.15, 0.2) is 0 Å². The summed E-state index contributed by atoms with van der Waals surface area (Å²) in [5.74, 6) is 0. The first-order valence-corrected chi connectivity index (χ1v) is 6.60. The van der Waals surface area contributed by atoms with Crippen LogP contribution >= 0.6 is 15.9 Å². The lowest BCUT2D eigenvalue weighted by atomic mass is 10.2. The quantitative estimate of drug-likeness (QED) is 0.712. The summed E-state index contributed by atoms with van der Waals surface area (Å²) in [4.78, 5) is 0. The van der Waals surface area contributed by atoms with E-state index in [1.54, 1.807) is 0 Å². The summed E-state index contributed by atoms with van der Waals surface area (Å²) < 4.78 is 3.32. The lowest BCUT2D eigenvalue weighted by molar-refractivity contribution is 0.837. The summed E-state index contributed by atoms with van der Waals surface area (Å²) in [6.07, 6.45) is 2.10. The van der Waals surface area contributed by atoms with E-state index < -0.39 is 0 Å². The summed E-state index contributed by atoms with van der Waals surface area (Å²) in [7, 11) is 0. The van der Waals surface area contributed by atoms with Crippen LogP contribution in [-0.2, 0) is 6.54 Å². The third-order valence-corrected chi connectivity index (χ3v) is 3.59. The van der Waals surface area contributed by atoms with Gasteiger partial charge in [0.05, 0.1) is 5.52 Å². The van der Waals surface area contributed by atoms with Crippen molar-refractivity contribution in [1.82, 2.24) is 4.57 Å². The molecule has 0 unspecified atom stereocenters. The third-order valence-electron chi connectivity index (χ3n) is 3.06. The first-order valence-electron chi connectivity index (χ1n) is 5.81. The zero-order valence-electron chi connectivity index (χ0n) is 9.81. The van der Waals surface area contributed by atoms with Crippen molar-refractivity contribution in [2.24, 2.45) is 0 Å². The lowest BCUT2D eigenvalue weighted by Gasteiger charge is -2.06. The minimum Gasteiger partial charge on any atom is -0.399 e. The van der Waals surface area contributed by atoms with Gasteiger partial charge in [0.2, 0.25) is 0 Å². The van der Waals surface area contributed by atoms with Crippen molar-refractivity contribution in [3.63, 3.8) is 0 Å². The molecule has 0 aliphatic carbocycles. The van der Waals surface area contributed by atoms with Gasteiger partial charge < -0.3 is 10.3 Å². The van der Waals surface area contributed by atoms with E-state index in [4.69, 9.17) is 5.73 Å². The number of aromatic nitrogens is 1. The number of hydrogen-bond donors (Lipinski definition) is 1. The molecule has 1 heterocycles. The Morgan fingerprint density at radius 2 is 1.78 bits per heavy atom. The molecule has 0 amide bonds. The molecule has 0 atom stereocenters. The van der Waals surface area contributed by atoms with Crippen LogP contribution in [0, 0.1) is 0 Å². The number of nitrogens with two attached hydrogens (primary N) is 1. The molecule has 0 radical (unpaired) electrons. The SMILES string of the molecule is Nc1ccc2ccn(Cc3ccc(Br)cc3)c2c1. The molecule has 18 heavy (non-hydrogen) atoms. The molecule has 2 aromatic carbocycles. The number of benzene rings is 2. The van der Waals surface area contributed by atoms with Crippen LogP contribution in [-0.4, -0.2) is 4.57 Å². The molecule has 0 saturated heterocycles. The standard InChI is InChI=1S/C15H13BrN2/c16-13-4-1-11(2-5-13)10-18-8-7-12-3-6-14(17)9-15(12)18/h1-9H,10,17H2. The third kappa shape index (κ3) is 2.14. The van der Waals surface area contributed by atoms with Crippen molar-refractivity contribution in [2.75, 3.05) is 5.73 Å². The predicted molar refractivity (Wildman–Crippen MR) is 79.6 cm³/mol. The highest BCUT2D eigenvalue weighted by molar-refractivity contribution is 9.10. The van der Waals surface area contributed by atoms with Crippen LogP contribution in [0.1, 0.15) is 5.56 Å². The largest absolute Gasteiger partial charge is 0.399 e. The number of hydrogen-bond acceptors (Lipinski definition) is 1. The maximum Gasteiger partial charge on any atom is 0.0504 e. The number of fused-ring (bicyclic) bond motifs is 1. The monoisotopic (exact) mass is 300 g/mol. The van der Waals surface area contributed by atoms with E-state index in [0.717, 1.165) is 16.7 Å². The van der Waals surface area contributed by atoms with Crippen molar-refractivity contribution in [3.05, 3.63) is 64.8 Å². The molecule has 1 aromatic heterocycles. The molecular formula is C15H13BrN2. The highest BCUT2D eigenvalue weighted by Gasteiger charge is 2.02. The normalized spacial score (nSPS) is 10.9. The van der Waals surface area contributed by atoms with E-state index in [9.17, 15) is 0 Å². The predicted octanol–water partition coefficient (Wildman–Crippen LogP) is 4.03. The molecule has 0 aliphatic heterocycles. The van der Waals surface area contributed by atoms with Gasteiger partial charge in [-0.3, -0.25) is 0 Å². The second-order valence-electron chi connectivity index (χ2n) is 4.39. The average Bonchev–Trinajstić information content (AvgIpc) is 2.75. The molecule has 90 valence electrons. The van der Waals surface area contributed by atoms with E-state index >= 15 is 0 Å². The average molecular weight is 301 g/mol. The van der Waals surface area contributed by atoms with Crippen LogP contribution in [0.4, 0.5) is 5.69 Å². The minimum absolute atomic E-state index is 0.804. The first-order chi connectivity index (χ1) is 8.72. The fourth-order valence-corrected chi connectivity index (χ4v) is 2.39. The molecule has 0 aliphatic rings. The van der Waals surface area contributed by atoms with Crippen LogP contribution in [0.5, 0.6) is 0 Å². The second-order valence-corrected chi connectivity index (χ2v) is 5.30. The summed E-state index contributed by atoms with van der Waals surface area (Å²) in [6.45, 7) is 0.861. The van der Waals surface area contributed by atoms with E-state index in [2.05, 4.69) is 63.1 Å². The van der Waals surface area contributed by atoms with Gasteiger partial charge in [-0.2, -0.15) is 0 Å². The van der Waals surface area contributed by atoms with Crippen molar-refractivity contribution in [2.45, 2.75) is 6.54 Å². The van der Waals surface area contributed by atoms with Crippen molar-refractivity contribution in [3.8, 4) is 0 Å². The second kappa shape index (κ2) is 4.50. The molecular weight excluding hydrogens is 288 g/mol. The fraction of sp³-hybridized carbons (Fsp3) is 0.0667. The maximum absolute atomic E-state index is 5.85. The summed E-state index contributed by atoms with van der Waals surface area (Å²) >= 11 is 3.45. The molecule has 0 spiro atoms. The molecule has 0 bridgehead atoms. The number of halogens is 1. The molecule has 3 aromatic rings. The van der Waals surface area contributed by atoms with Crippen molar-refractivity contribution in [1.29, 1.82) is 0 Å². The number of anilines is 1. The molecule has 2 nitrogen and oxygen atoms in total. The van der Waals surface area contributed by atoms with Gasteiger partial charge in [-0.1, -0.05) is 34.1 Å². The van der Waals surface area contributed by atoms with Gasteiger partial charge >= 0.3 is 0 Å². The van der Waals surface area contributed by atoms with Gasteiger partial charge in [-0.05, 0) is 41.3 Å². The van der Waals surface area contributed by atoms with Crippen LogP contribution in [0.25, 0.3) is 10.9 Å². The Kier molecular flexibility index (Phi) is 2.84. The highest BCUT2D eigenvalue weighted by Crippen LogP contribution is 2.20. The van der Waals surface area contributed by atoms with E-state index in [1.807, 2.05) is 12.1 Å². The molecule has 3 rings (SSSR count). The van der Waals surface area contributed by atoms with Crippen LogP contribution in [0.15, 0.2) is 59.2 Å². The Labute approximate surface area is 114 Å². The first kappa shape index (κ1) is 11.4. The van der Waals surface area contributed by atoms with Crippen LogP contribution in [0.3, 0.4) is 0 Å². The van der Waals surface area contributed by atoms with E-state index in [1.165, 1.54) is 16.5 Å². The summed E-state index contributed by atoms with van der Waals surface area (Å²) in [5.41, 5.74) is 9.10. The zero-order chi connectivity index (χ0) is 12.5. The van der Waals surface area contributed by atoms with Gasteiger partial charge in [0.25, 0.3) is 0 Å². The molecule has 3 heteroatoms. The zero-order valence-corrected chi connectivity index (χ0v) is 11.4. The molecule has 2 N–H and O–H groups in total. The Hall–Kier alpha value is -1.74. The van der Waals surface area contributed by atoms with Crippen molar-refractivity contribution < 1.29 is 0 Å². The molecule has 0 saturated carbocycles. The van der Waals surface area contributed by atoms with Crippen LogP contribution in [0.2, 0.25) is 0 Å². The lowest BCUT2D eigenvalue weighted by Crippen LogP contribution is -1.98. The van der Waals surface area contributed by atoms with Gasteiger partial charge in [0.1, 0.15) is 0 Å². The van der Waals surface area contributed by atoms with Gasteiger partial charge in [-0.15, -0.1) is 0 Å². The minimum atomic E-state index is 0.804. The van der Waals surface area contributed by atoms with Gasteiger partial charge in [-0.25, -0.2) is 0 Å². The molecule has 0 fully saturated rings. The van der Waals surface area contributed by atoms with E-state index in [0.29, 0.717) is 0 Å². The maximum atomic E-state index is 5.85. The topological polar surface area (TPSA) is 30.9 Å². The fourth-order valence-electron chi connectivity index (χ4n) is 2.13. The van der Waals surface area contributed by atoms with E-state index in [-0.39, 0.29) is 0 Å². The summed E-state index contributed by atoms with van der Waals surface area (Å²) in [5, 5.41) is 1.22. The smallest absolute Gasteiger partial charge is 0.0504 e. The number of nitrogens with zero attached hydrogens (tertiary/aromatic N) is 1. The Morgan fingerprint density at radius 1 is 1.00 bits per heavy atom. The Morgan fingerprint density at radius 3 is 2.56 bits per heavy atom. The summed E-state index contributed by atoms with van der Waals surface area (Å²) in [6, 6.07) is 16.5. The van der Waals surface area contributed by atoms with Crippen LogP contribution < -0.4 is 5.73 Å². The number of nitrogen functional groups attached to an aromatic ring is 1.